The Bertz CT molecular complexity index is 1460. The van der Waals surface area contributed by atoms with E-state index >= 15 is 0 Å². The molecule has 2 aliphatic carbocycles. The Kier molecular flexibility index (Phi) is 6.98. The van der Waals surface area contributed by atoms with Crippen molar-refractivity contribution in [1.29, 1.82) is 0 Å². The summed E-state index contributed by atoms with van der Waals surface area (Å²) in [5.41, 5.74) is 5.00. The summed E-state index contributed by atoms with van der Waals surface area (Å²) in [6.45, 7) is 4.36. The fourth-order valence-corrected chi connectivity index (χ4v) is 6.15. The minimum Gasteiger partial charge on any atom is -0.454 e. The van der Waals surface area contributed by atoms with Gasteiger partial charge >= 0.3 is 5.97 Å². The molecule has 0 unspecified atom stereocenters. The molecule has 1 aliphatic heterocycles. The number of benzene rings is 2. The monoisotopic (exact) mass is 526 g/mol. The molecule has 39 heavy (non-hydrogen) atoms. The molecule has 3 aliphatic rings. The smallest absolute Gasteiger partial charge is 0.339 e. The topological polar surface area (TPSA) is 86.8 Å². The Morgan fingerprint density at radius 3 is 2.79 bits per heavy atom. The standard InChI is InChI=1S/C32H34N2O5/c1-19-7-5-12-25(20(19)2)33-29(35)17-37-32(36)30-23-9-3-4-11-26(23)34-31-22(8-6-10-24(30)31)15-21-13-14-27-28(16-21)39-18-38-27/h3-4,9,11,13-16,19-20,25H,5-8,10,12,17-18H2,1-2H3,(H,33,35)/b22-15-/t19-,20-,25-/m1/s1. The minimum atomic E-state index is -0.477. The normalized spacial score (nSPS) is 22.9. The highest BCUT2D eigenvalue weighted by Crippen LogP contribution is 2.38. The van der Waals surface area contributed by atoms with Gasteiger partial charge in [-0.1, -0.05) is 51.0 Å². The molecule has 1 N–H and O–H groups in total. The van der Waals surface area contributed by atoms with Crippen molar-refractivity contribution in [3.8, 4) is 11.5 Å². The zero-order valence-electron chi connectivity index (χ0n) is 22.5. The average molecular weight is 527 g/mol. The first-order valence-corrected chi connectivity index (χ1v) is 14.0. The Morgan fingerprint density at radius 1 is 1.05 bits per heavy atom. The second-order valence-electron chi connectivity index (χ2n) is 11.0. The van der Waals surface area contributed by atoms with Gasteiger partial charge in [0.05, 0.1) is 16.8 Å². The van der Waals surface area contributed by atoms with Gasteiger partial charge in [0, 0.05) is 11.4 Å². The summed E-state index contributed by atoms with van der Waals surface area (Å²) < 4.78 is 16.6. The summed E-state index contributed by atoms with van der Waals surface area (Å²) in [4.78, 5) is 31.3. The summed E-state index contributed by atoms with van der Waals surface area (Å²) in [5.74, 6) is 1.73. The van der Waals surface area contributed by atoms with Crippen molar-refractivity contribution in [2.75, 3.05) is 13.4 Å². The van der Waals surface area contributed by atoms with Crippen molar-refractivity contribution in [2.24, 2.45) is 11.8 Å². The van der Waals surface area contributed by atoms with Crippen molar-refractivity contribution >= 4 is 34.4 Å². The number of esters is 1. The molecule has 1 amide bonds. The molecule has 7 nitrogen and oxygen atoms in total. The largest absolute Gasteiger partial charge is 0.454 e. The first-order valence-electron chi connectivity index (χ1n) is 14.0. The van der Waals surface area contributed by atoms with Gasteiger partial charge in [-0.2, -0.15) is 0 Å². The van der Waals surface area contributed by atoms with E-state index in [1.54, 1.807) is 0 Å². The maximum absolute atomic E-state index is 13.6. The summed E-state index contributed by atoms with van der Waals surface area (Å²) in [5, 5.41) is 3.85. The summed E-state index contributed by atoms with van der Waals surface area (Å²) in [7, 11) is 0. The Balaban J connectivity index is 1.28. The number of amides is 1. The fraction of sp³-hybridized carbons (Fsp3) is 0.406. The van der Waals surface area contributed by atoms with Gasteiger partial charge in [0.2, 0.25) is 6.79 Å². The van der Waals surface area contributed by atoms with Gasteiger partial charge in [-0.15, -0.1) is 0 Å². The Morgan fingerprint density at radius 2 is 1.90 bits per heavy atom. The highest BCUT2D eigenvalue weighted by molar-refractivity contribution is 6.07. The van der Waals surface area contributed by atoms with Crippen LogP contribution in [0.2, 0.25) is 0 Å². The number of hydrogen-bond donors (Lipinski definition) is 1. The molecule has 2 heterocycles. The van der Waals surface area contributed by atoms with Gasteiger partial charge < -0.3 is 19.5 Å². The number of nitrogens with zero attached hydrogens (tertiary/aromatic N) is 1. The van der Waals surface area contributed by atoms with Crippen molar-refractivity contribution < 1.29 is 23.8 Å². The highest BCUT2D eigenvalue weighted by Gasteiger charge is 2.29. The van der Waals surface area contributed by atoms with Crippen LogP contribution in [-0.2, 0) is 16.0 Å². The number of allylic oxidation sites excluding steroid dienone is 1. The third kappa shape index (κ3) is 5.10. The van der Waals surface area contributed by atoms with Crippen LogP contribution in [0, 0.1) is 11.8 Å². The van der Waals surface area contributed by atoms with Crippen molar-refractivity contribution in [1.82, 2.24) is 10.3 Å². The van der Waals surface area contributed by atoms with E-state index in [2.05, 4.69) is 25.2 Å². The van der Waals surface area contributed by atoms with Crippen LogP contribution in [-0.4, -0.2) is 36.3 Å². The number of pyridine rings is 1. The van der Waals surface area contributed by atoms with Crippen LogP contribution in [0.25, 0.3) is 22.6 Å². The van der Waals surface area contributed by atoms with Gasteiger partial charge in [-0.05, 0) is 78.5 Å². The number of carbonyl (C=O) groups is 2. The van der Waals surface area contributed by atoms with Gasteiger partial charge in [0.1, 0.15) is 0 Å². The van der Waals surface area contributed by atoms with Crippen LogP contribution in [0.3, 0.4) is 0 Å². The lowest BCUT2D eigenvalue weighted by molar-refractivity contribution is -0.125. The van der Waals surface area contributed by atoms with Crippen molar-refractivity contribution in [2.45, 2.75) is 58.4 Å². The lowest BCUT2D eigenvalue weighted by Crippen LogP contribution is -2.45. The van der Waals surface area contributed by atoms with Crippen LogP contribution in [0.4, 0.5) is 0 Å². The second-order valence-corrected chi connectivity index (χ2v) is 11.0. The third-order valence-electron chi connectivity index (χ3n) is 8.50. The first kappa shape index (κ1) is 25.4. The Hall–Kier alpha value is -3.87. The molecule has 202 valence electrons. The predicted octanol–water partition coefficient (Wildman–Crippen LogP) is 5.94. The first-order chi connectivity index (χ1) is 19.0. The molecular weight excluding hydrogens is 492 g/mol. The molecule has 0 saturated heterocycles. The summed E-state index contributed by atoms with van der Waals surface area (Å²) in [6, 6.07) is 13.6. The molecule has 0 radical (unpaired) electrons. The minimum absolute atomic E-state index is 0.123. The molecule has 1 aromatic heterocycles. The highest BCUT2D eigenvalue weighted by atomic mass is 16.7. The van der Waals surface area contributed by atoms with Gasteiger partial charge in [0.25, 0.3) is 5.91 Å². The molecule has 6 rings (SSSR count). The molecule has 7 heteroatoms. The van der Waals surface area contributed by atoms with Gasteiger partial charge in [-0.3, -0.25) is 4.79 Å². The number of nitrogens with one attached hydrogen (secondary N) is 1. The summed E-state index contributed by atoms with van der Waals surface area (Å²) >= 11 is 0. The molecule has 2 aromatic carbocycles. The van der Waals surface area contributed by atoms with E-state index in [9.17, 15) is 9.59 Å². The lowest BCUT2D eigenvalue weighted by atomic mass is 9.78. The van der Waals surface area contributed by atoms with Crippen molar-refractivity contribution in [3.05, 3.63) is 64.8 Å². The van der Waals surface area contributed by atoms with Crippen LogP contribution >= 0.6 is 0 Å². The van der Waals surface area contributed by atoms with E-state index in [4.69, 9.17) is 19.2 Å². The van der Waals surface area contributed by atoms with E-state index < -0.39 is 5.97 Å². The molecule has 1 saturated carbocycles. The van der Waals surface area contributed by atoms with E-state index in [0.717, 1.165) is 76.9 Å². The van der Waals surface area contributed by atoms with Crippen LogP contribution < -0.4 is 14.8 Å². The zero-order chi connectivity index (χ0) is 26.9. The quantitative estimate of drug-likeness (QED) is 0.414. The number of hydrogen-bond acceptors (Lipinski definition) is 6. The second kappa shape index (κ2) is 10.7. The summed E-state index contributed by atoms with van der Waals surface area (Å²) in [6.07, 6.45) is 7.83. The number of fused-ring (bicyclic) bond motifs is 3. The number of rotatable bonds is 5. The maximum atomic E-state index is 13.6. The van der Waals surface area contributed by atoms with E-state index in [1.807, 2.05) is 42.5 Å². The number of carbonyl (C=O) groups excluding carboxylic acids is 2. The molecule has 1 fully saturated rings. The maximum Gasteiger partial charge on any atom is 0.339 e. The molecule has 3 atom stereocenters. The predicted molar refractivity (Wildman–Crippen MR) is 150 cm³/mol. The van der Waals surface area contributed by atoms with Gasteiger partial charge in [0.15, 0.2) is 18.1 Å². The third-order valence-corrected chi connectivity index (χ3v) is 8.50. The number of aromatic nitrogens is 1. The van der Waals surface area contributed by atoms with Crippen LogP contribution in [0.15, 0.2) is 42.5 Å². The van der Waals surface area contributed by atoms with E-state index in [-0.39, 0.29) is 25.3 Å². The lowest BCUT2D eigenvalue weighted by Gasteiger charge is -2.34. The number of ether oxygens (including phenoxy) is 3. The molecule has 0 spiro atoms. The van der Waals surface area contributed by atoms with E-state index in [1.165, 1.54) is 6.42 Å². The molecule has 3 aromatic rings. The van der Waals surface area contributed by atoms with Crippen LogP contribution in [0.1, 0.15) is 73.1 Å². The van der Waals surface area contributed by atoms with Crippen LogP contribution in [0.5, 0.6) is 11.5 Å². The van der Waals surface area contributed by atoms with E-state index in [0.29, 0.717) is 17.4 Å². The van der Waals surface area contributed by atoms with Gasteiger partial charge in [-0.25, -0.2) is 9.78 Å². The zero-order valence-corrected chi connectivity index (χ0v) is 22.5. The van der Waals surface area contributed by atoms with Crippen molar-refractivity contribution in [3.63, 3.8) is 0 Å². The molecular formula is C32H34N2O5. The fourth-order valence-electron chi connectivity index (χ4n) is 6.15. The average Bonchev–Trinajstić information content (AvgIpc) is 3.41. The molecule has 0 bridgehead atoms. The number of para-hydroxylation sites is 1. The SMILES string of the molecule is C[C@@H]1[C@H](C)CCC[C@H]1NC(=O)COC(=O)c1c2c(nc3ccccc13)/C(=C\c1ccc3c(c1)OCO3)CCC2. The Labute approximate surface area is 228 Å².